The van der Waals surface area contributed by atoms with E-state index in [0.29, 0.717) is 24.3 Å². The summed E-state index contributed by atoms with van der Waals surface area (Å²) in [4.78, 5) is 25.4. The number of hydrogen-bond acceptors (Lipinski definition) is 3. The van der Waals surface area contributed by atoms with E-state index in [1.165, 1.54) is 7.05 Å². The third-order valence-electron chi connectivity index (χ3n) is 3.55. The van der Waals surface area contributed by atoms with Crippen molar-refractivity contribution < 1.29 is 14.8 Å². The number of rotatable bonds is 9. The van der Waals surface area contributed by atoms with Crippen LogP contribution in [0.4, 0.5) is 0 Å². The van der Waals surface area contributed by atoms with Crippen molar-refractivity contribution in [3.8, 4) is 0 Å². The molecule has 0 spiro atoms. The van der Waals surface area contributed by atoms with E-state index in [1.54, 1.807) is 30.3 Å². The molecule has 5 nitrogen and oxygen atoms in total. The first-order chi connectivity index (χ1) is 9.88. The number of hydroxylamine groups is 2. The molecule has 2 amide bonds. The topological polar surface area (TPSA) is 60.9 Å². The van der Waals surface area contributed by atoms with Crippen molar-refractivity contribution in [1.29, 1.82) is 0 Å². The van der Waals surface area contributed by atoms with Crippen LogP contribution in [-0.4, -0.2) is 41.1 Å². The zero-order valence-electron chi connectivity index (χ0n) is 13.6. The number of hydrogen-bond donors (Lipinski definition) is 1. The quantitative estimate of drug-likeness (QED) is 0.404. The summed E-state index contributed by atoms with van der Waals surface area (Å²) in [7, 11) is 3.04. The summed E-state index contributed by atoms with van der Waals surface area (Å²) in [5.41, 5.74) is 0. The Morgan fingerprint density at radius 1 is 1.10 bits per heavy atom. The Balaban J connectivity index is 4.55. The average molecular weight is 296 g/mol. The Morgan fingerprint density at radius 3 is 2.05 bits per heavy atom. The number of carbonyl (C=O) groups excluding carboxylic acids is 2. The molecule has 2 atom stereocenters. The molecule has 0 aliphatic rings. The zero-order chi connectivity index (χ0) is 16.4. The molecule has 0 saturated carbocycles. The van der Waals surface area contributed by atoms with Gasteiger partial charge in [-0.2, -0.15) is 0 Å². The van der Waals surface area contributed by atoms with Gasteiger partial charge >= 0.3 is 0 Å². The van der Waals surface area contributed by atoms with Crippen LogP contribution in [0.5, 0.6) is 0 Å². The van der Waals surface area contributed by atoms with Gasteiger partial charge in [-0.1, -0.05) is 26.0 Å². The summed E-state index contributed by atoms with van der Waals surface area (Å²) in [6, 6.07) is 0. The van der Waals surface area contributed by atoms with E-state index in [4.69, 9.17) is 5.21 Å². The highest BCUT2D eigenvalue weighted by Crippen LogP contribution is 2.14. The molecular weight excluding hydrogens is 268 g/mol. The van der Waals surface area contributed by atoms with Crippen molar-refractivity contribution in [3.05, 3.63) is 24.9 Å². The third-order valence-corrected chi connectivity index (χ3v) is 3.55. The van der Waals surface area contributed by atoms with Crippen LogP contribution < -0.4 is 0 Å². The molecule has 0 bridgehead atoms. The smallest absolute Gasteiger partial charge is 0.249 e. The predicted molar refractivity (Wildman–Crippen MR) is 83.5 cm³/mol. The minimum atomic E-state index is -0.311. The lowest BCUT2D eigenvalue weighted by Crippen LogP contribution is -2.30. The van der Waals surface area contributed by atoms with Crippen LogP contribution in [0.25, 0.3) is 0 Å². The number of nitrogens with zero attached hydrogens (tertiary/aromatic N) is 2. The van der Waals surface area contributed by atoms with Gasteiger partial charge in [-0.05, 0) is 25.7 Å². The standard InChI is InChI=1S/C16H28N2O3/c1-6-10-13(7-2)15(19)17(4)12-9-11-14(8-3)16(20)18(5)21/h6,9,12-14,21H,1,7-8,10-11H2,2-5H3/b12-9+/t13-,14-/m0/s1. The van der Waals surface area contributed by atoms with Crippen LogP contribution in [0, 0.1) is 11.8 Å². The molecule has 0 aromatic heterocycles. The monoisotopic (exact) mass is 296 g/mol. The van der Waals surface area contributed by atoms with Crippen molar-refractivity contribution in [3.63, 3.8) is 0 Å². The van der Waals surface area contributed by atoms with E-state index in [2.05, 4.69) is 6.58 Å². The Hall–Kier alpha value is -1.62. The summed E-state index contributed by atoms with van der Waals surface area (Å²) >= 11 is 0. The van der Waals surface area contributed by atoms with Crippen molar-refractivity contribution in [2.45, 2.75) is 39.5 Å². The summed E-state index contributed by atoms with van der Waals surface area (Å²) < 4.78 is 0. The van der Waals surface area contributed by atoms with Crippen molar-refractivity contribution >= 4 is 11.8 Å². The Morgan fingerprint density at radius 2 is 1.62 bits per heavy atom. The van der Waals surface area contributed by atoms with E-state index >= 15 is 0 Å². The molecule has 0 rings (SSSR count). The first-order valence-corrected chi connectivity index (χ1v) is 7.39. The fourth-order valence-electron chi connectivity index (χ4n) is 2.09. The molecule has 1 N–H and O–H groups in total. The van der Waals surface area contributed by atoms with Crippen LogP contribution in [0.3, 0.4) is 0 Å². The molecule has 120 valence electrons. The van der Waals surface area contributed by atoms with Gasteiger partial charge in [0.05, 0.1) is 0 Å². The molecule has 0 fully saturated rings. The van der Waals surface area contributed by atoms with Crippen molar-refractivity contribution in [2.24, 2.45) is 11.8 Å². The first kappa shape index (κ1) is 19.4. The Kier molecular flexibility index (Phi) is 9.37. The van der Waals surface area contributed by atoms with Crippen molar-refractivity contribution in [2.75, 3.05) is 14.1 Å². The first-order valence-electron chi connectivity index (χ1n) is 7.39. The van der Waals surface area contributed by atoms with Gasteiger partial charge in [-0.25, -0.2) is 5.06 Å². The Labute approximate surface area is 127 Å². The molecule has 0 unspecified atom stereocenters. The molecule has 0 aromatic carbocycles. The molecule has 0 heterocycles. The molecule has 21 heavy (non-hydrogen) atoms. The molecular formula is C16H28N2O3. The zero-order valence-corrected chi connectivity index (χ0v) is 13.6. The summed E-state index contributed by atoms with van der Waals surface area (Å²) in [5.74, 6) is -0.583. The fourth-order valence-corrected chi connectivity index (χ4v) is 2.09. The largest absolute Gasteiger partial charge is 0.322 e. The van der Waals surface area contributed by atoms with Gasteiger partial charge in [-0.3, -0.25) is 14.8 Å². The second kappa shape index (κ2) is 10.2. The maximum atomic E-state index is 12.2. The second-order valence-corrected chi connectivity index (χ2v) is 5.17. The Bertz CT molecular complexity index is 378. The normalized spacial score (nSPS) is 13.8. The van der Waals surface area contributed by atoms with Gasteiger partial charge in [0.1, 0.15) is 0 Å². The minimum Gasteiger partial charge on any atom is -0.322 e. The molecule has 0 radical (unpaired) electrons. The average Bonchev–Trinajstić information content (AvgIpc) is 2.47. The van der Waals surface area contributed by atoms with Gasteiger partial charge in [-0.15, -0.1) is 6.58 Å². The fraction of sp³-hybridized carbons (Fsp3) is 0.625. The van der Waals surface area contributed by atoms with E-state index in [0.717, 1.165) is 6.42 Å². The van der Waals surface area contributed by atoms with E-state index in [-0.39, 0.29) is 23.7 Å². The highest BCUT2D eigenvalue weighted by molar-refractivity contribution is 5.79. The lowest BCUT2D eigenvalue weighted by molar-refractivity contribution is -0.164. The van der Waals surface area contributed by atoms with Gasteiger partial charge < -0.3 is 4.90 Å². The lowest BCUT2D eigenvalue weighted by atomic mass is 10.0. The van der Waals surface area contributed by atoms with Crippen LogP contribution >= 0.6 is 0 Å². The van der Waals surface area contributed by atoms with Gasteiger partial charge in [0, 0.05) is 32.1 Å². The summed E-state index contributed by atoms with van der Waals surface area (Å²) in [6.07, 6.45) is 7.82. The SMILES string of the molecule is C=CC[C@H](CC)C(=O)N(C)/C=C/C[C@H](CC)C(=O)N(C)O. The van der Waals surface area contributed by atoms with Crippen LogP contribution in [-0.2, 0) is 9.59 Å². The summed E-state index contributed by atoms with van der Waals surface area (Å²) in [6.45, 7) is 7.54. The van der Waals surface area contributed by atoms with Crippen LogP contribution in [0.2, 0.25) is 0 Å². The lowest BCUT2D eigenvalue weighted by Gasteiger charge is -2.19. The molecule has 0 aliphatic heterocycles. The van der Waals surface area contributed by atoms with Crippen LogP contribution in [0.1, 0.15) is 39.5 Å². The molecule has 0 aliphatic carbocycles. The molecule has 0 saturated heterocycles. The number of allylic oxidation sites excluding steroid dienone is 2. The van der Waals surface area contributed by atoms with Gasteiger partial charge in [0.2, 0.25) is 11.8 Å². The highest BCUT2D eigenvalue weighted by atomic mass is 16.5. The minimum absolute atomic E-state index is 0.0484. The maximum Gasteiger partial charge on any atom is 0.249 e. The van der Waals surface area contributed by atoms with Crippen molar-refractivity contribution in [1.82, 2.24) is 9.96 Å². The van der Waals surface area contributed by atoms with E-state index in [1.807, 2.05) is 13.8 Å². The molecule has 0 aromatic rings. The number of carbonyl (C=O) groups is 2. The van der Waals surface area contributed by atoms with Gasteiger partial charge in [0.25, 0.3) is 0 Å². The third kappa shape index (κ3) is 6.58. The van der Waals surface area contributed by atoms with Gasteiger partial charge in [0.15, 0.2) is 0 Å². The van der Waals surface area contributed by atoms with E-state index < -0.39 is 0 Å². The highest BCUT2D eigenvalue weighted by Gasteiger charge is 2.19. The van der Waals surface area contributed by atoms with E-state index in [9.17, 15) is 9.59 Å². The predicted octanol–water partition coefficient (Wildman–Crippen LogP) is 2.82. The number of amides is 2. The summed E-state index contributed by atoms with van der Waals surface area (Å²) in [5, 5.41) is 9.79. The second-order valence-electron chi connectivity index (χ2n) is 5.17. The maximum absolute atomic E-state index is 12.2. The van der Waals surface area contributed by atoms with Crippen LogP contribution in [0.15, 0.2) is 24.9 Å². The molecule has 5 heteroatoms.